The topological polar surface area (TPSA) is 92.8 Å². The number of carbonyl (C=O) groups is 2. The maximum atomic E-state index is 12.3. The number of ether oxygens (including phenoxy) is 1. The molecule has 1 aromatic rings. The standard InChI is InChI=1S/C20H28N2O5S/c1-13-4-7-17(28(25,26)22(2)3)11-18(13)21-19(23)12-27-20(24)10-16-9-14-5-6-15(16)8-14/h4,7,11,14-16H,5-6,8-10,12H2,1-3H3,(H,21,23)/t14-,15+,16-/m0/s1. The number of nitrogens with zero attached hydrogens (tertiary/aromatic N) is 1. The van der Waals surface area contributed by atoms with Gasteiger partial charge in [0.05, 0.1) is 4.90 Å². The summed E-state index contributed by atoms with van der Waals surface area (Å²) in [4.78, 5) is 24.3. The Morgan fingerprint density at radius 2 is 1.96 bits per heavy atom. The molecule has 2 saturated carbocycles. The van der Waals surface area contributed by atoms with Crippen LogP contribution in [0.1, 0.15) is 37.7 Å². The SMILES string of the molecule is Cc1ccc(S(=O)(=O)N(C)C)cc1NC(=O)COC(=O)C[C@@H]1C[C@H]2CC[C@@H]1C2. The number of carbonyl (C=O) groups excluding carboxylic acids is 2. The first-order chi connectivity index (χ1) is 13.2. The number of anilines is 1. The zero-order chi connectivity index (χ0) is 20.5. The molecule has 28 heavy (non-hydrogen) atoms. The van der Waals surface area contributed by atoms with Crippen molar-refractivity contribution in [1.29, 1.82) is 0 Å². The van der Waals surface area contributed by atoms with Crippen molar-refractivity contribution in [2.45, 2.75) is 43.9 Å². The highest BCUT2D eigenvalue weighted by Gasteiger charge is 2.40. The van der Waals surface area contributed by atoms with E-state index < -0.39 is 15.9 Å². The second kappa shape index (κ2) is 8.21. The first kappa shape index (κ1) is 20.8. The van der Waals surface area contributed by atoms with Gasteiger partial charge < -0.3 is 10.1 Å². The summed E-state index contributed by atoms with van der Waals surface area (Å²) in [6.45, 7) is 1.40. The molecule has 0 heterocycles. The van der Waals surface area contributed by atoms with E-state index >= 15 is 0 Å². The average molecular weight is 409 g/mol. The molecular formula is C20H28N2O5S. The lowest BCUT2D eigenvalue weighted by molar-refractivity contribution is -0.148. The molecule has 0 radical (unpaired) electrons. The average Bonchev–Trinajstić information content (AvgIpc) is 3.24. The Morgan fingerprint density at radius 3 is 2.57 bits per heavy atom. The Kier molecular flexibility index (Phi) is 6.09. The molecule has 0 spiro atoms. The third-order valence-corrected chi connectivity index (χ3v) is 7.75. The van der Waals surface area contributed by atoms with Crippen LogP contribution in [0.25, 0.3) is 0 Å². The van der Waals surface area contributed by atoms with Crippen LogP contribution < -0.4 is 5.32 Å². The summed E-state index contributed by atoms with van der Waals surface area (Å²) in [5, 5.41) is 2.64. The Morgan fingerprint density at radius 1 is 1.21 bits per heavy atom. The first-order valence-electron chi connectivity index (χ1n) is 9.65. The third-order valence-electron chi connectivity index (χ3n) is 5.94. The molecule has 0 unspecified atom stereocenters. The Balaban J connectivity index is 1.54. The summed E-state index contributed by atoms with van der Waals surface area (Å²) in [5.41, 5.74) is 1.11. The molecule has 1 aromatic carbocycles. The number of sulfonamides is 1. The van der Waals surface area contributed by atoms with Crippen LogP contribution >= 0.6 is 0 Å². The van der Waals surface area contributed by atoms with Gasteiger partial charge in [-0.3, -0.25) is 9.59 Å². The van der Waals surface area contributed by atoms with Gasteiger partial charge in [0, 0.05) is 26.2 Å². The van der Waals surface area contributed by atoms with E-state index in [1.807, 2.05) is 0 Å². The van der Waals surface area contributed by atoms with E-state index in [1.54, 1.807) is 13.0 Å². The van der Waals surface area contributed by atoms with Crippen LogP contribution in [-0.2, 0) is 24.3 Å². The normalized spacial score (nSPS) is 23.8. The van der Waals surface area contributed by atoms with Crippen molar-refractivity contribution < 1.29 is 22.7 Å². The van der Waals surface area contributed by atoms with E-state index in [-0.39, 0.29) is 17.5 Å². The Bertz CT molecular complexity index is 865. The maximum absolute atomic E-state index is 12.3. The number of amides is 1. The minimum Gasteiger partial charge on any atom is -0.456 e. The zero-order valence-electron chi connectivity index (χ0n) is 16.6. The van der Waals surface area contributed by atoms with Crippen molar-refractivity contribution in [3.05, 3.63) is 23.8 Å². The van der Waals surface area contributed by atoms with Gasteiger partial charge >= 0.3 is 5.97 Å². The van der Waals surface area contributed by atoms with Crippen LogP contribution in [0.15, 0.2) is 23.1 Å². The lowest BCUT2D eigenvalue weighted by atomic mass is 9.86. The molecule has 3 rings (SSSR count). The predicted octanol–water partition coefficient (Wildman–Crippen LogP) is 2.55. The van der Waals surface area contributed by atoms with Gasteiger partial charge in [-0.1, -0.05) is 12.5 Å². The first-order valence-corrected chi connectivity index (χ1v) is 11.1. The van der Waals surface area contributed by atoms with Gasteiger partial charge in [0.1, 0.15) is 0 Å². The van der Waals surface area contributed by atoms with Gasteiger partial charge in [0.2, 0.25) is 10.0 Å². The van der Waals surface area contributed by atoms with Crippen LogP contribution in [0, 0.1) is 24.7 Å². The van der Waals surface area contributed by atoms with Gasteiger partial charge in [-0.25, -0.2) is 12.7 Å². The van der Waals surface area contributed by atoms with Crippen molar-refractivity contribution in [3.63, 3.8) is 0 Å². The fourth-order valence-corrected chi connectivity index (χ4v) is 5.27. The third kappa shape index (κ3) is 4.55. The highest BCUT2D eigenvalue weighted by atomic mass is 32.2. The highest BCUT2D eigenvalue weighted by molar-refractivity contribution is 7.89. The second-order valence-corrected chi connectivity index (χ2v) is 10.3. The van der Waals surface area contributed by atoms with Crippen molar-refractivity contribution >= 4 is 27.6 Å². The molecule has 154 valence electrons. The van der Waals surface area contributed by atoms with E-state index in [1.165, 1.54) is 45.5 Å². The Hall–Kier alpha value is -1.93. The molecule has 2 bridgehead atoms. The largest absolute Gasteiger partial charge is 0.456 e. The number of rotatable bonds is 7. The molecule has 1 amide bonds. The van der Waals surface area contributed by atoms with Crippen molar-refractivity contribution in [3.8, 4) is 0 Å². The molecule has 0 aromatic heterocycles. The molecule has 0 aliphatic heterocycles. The summed E-state index contributed by atoms with van der Waals surface area (Å²) in [6.07, 6.45) is 5.18. The van der Waals surface area contributed by atoms with Crippen LogP contribution in [0.5, 0.6) is 0 Å². The van der Waals surface area contributed by atoms with Gasteiger partial charge in [-0.05, 0) is 61.6 Å². The predicted molar refractivity (Wildman–Crippen MR) is 105 cm³/mol. The van der Waals surface area contributed by atoms with Gasteiger partial charge in [0.15, 0.2) is 6.61 Å². The summed E-state index contributed by atoms with van der Waals surface area (Å²) in [5.74, 6) is 0.969. The van der Waals surface area contributed by atoms with Crippen LogP contribution in [-0.4, -0.2) is 45.3 Å². The fraction of sp³-hybridized carbons (Fsp3) is 0.600. The van der Waals surface area contributed by atoms with Crippen LogP contribution in [0.2, 0.25) is 0 Å². The van der Waals surface area contributed by atoms with Gasteiger partial charge in [-0.15, -0.1) is 0 Å². The summed E-state index contributed by atoms with van der Waals surface area (Å²) in [6, 6.07) is 4.54. The lowest BCUT2D eigenvalue weighted by Gasteiger charge is -2.20. The smallest absolute Gasteiger partial charge is 0.306 e. The van der Waals surface area contributed by atoms with E-state index in [0.29, 0.717) is 23.9 Å². The fourth-order valence-electron chi connectivity index (χ4n) is 4.34. The molecule has 7 nitrogen and oxygen atoms in total. The van der Waals surface area contributed by atoms with Crippen molar-refractivity contribution in [2.24, 2.45) is 17.8 Å². The molecule has 0 saturated heterocycles. The number of hydrogen-bond acceptors (Lipinski definition) is 5. The zero-order valence-corrected chi connectivity index (χ0v) is 17.4. The lowest BCUT2D eigenvalue weighted by Crippen LogP contribution is -2.24. The summed E-state index contributed by atoms with van der Waals surface area (Å²) < 4.78 is 30.8. The van der Waals surface area contributed by atoms with Crippen molar-refractivity contribution in [1.82, 2.24) is 4.31 Å². The van der Waals surface area contributed by atoms with Gasteiger partial charge in [-0.2, -0.15) is 0 Å². The molecule has 2 fully saturated rings. The van der Waals surface area contributed by atoms with Crippen molar-refractivity contribution in [2.75, 3.05) is 26.0 Å². The van der Waals surface area contributed by atoms with E-state index in [2.05, 4.69) is 5.32 Å². The molecular weight excluding hydrogens is 380 g/mol. The molecule has 2 aliphatic rings. The van der Waals surface area contributed by atoms with E-state index in [4.69, 9.17) is 4.74 Å². The number of esters is 1. The molecule has 3 atom stereocenters. The monoisotopic (exact) mass is 408 g/mol. The number of aryl methyl sites for hydroxylation is 1. The maximum Gasteiger partial charge on any atom is 0.306 e. The van der Waals surface area contributed by atoms with Crippen LogP contribution in [0.4, 0.5) is 5.69 Å². The summed E-state index contributed by atoms with van der Waals surface area (Å²) >= 11 is 0. The molecule has 8 heteroatoms. The number of nitrogens with one attached hydrogen (secondary N) is 1. The van der Waals surface area contributed by atoms with Gasteiger partial charge in [0.25, 0.3) is 5.91 Å². The second-order valence-electron chi connectivity index (χ2n) is 8.11. The van der Waals surface area contributed by atoms with Crippen LogP contribution in [0.3, 0.4) is 0 Å². The van der Waals surface area contributed by atoms with E-state index in [9.17, 15) is 18.0 Å². The highest BCUT2D eigenvalue weighted by Crippen LogP contribution is 2.49. The minimum absolute atomic E-state index is 0.0895. The minimum atomic E-state index is -3.60. The number of benzene rings is 1. The molecule has 1 N–H and O–H groups in total. The number of fused-ring (bicyclic) bond motifs is 2. The van der Waals surface area contributed by atoms with E-state index in [0.717, 1.165) is 22.2 Å². The quantitative estimate of drug-likeness (QED) is 0.700. The number of hydrogen-bond donors (Lipinski definition) is 1. The molecule has 2 aliphatic carbocycles. The Labute approximate surface area is 166 Å². The summed E-state index contributed by atoms with van der Waals surface area (Å²) in [7, 11) is -0.704.